The van der Waals surface area contributed by atoms with Crippen LogP contribution in [0.1, 0.15) is 23.3 Å². The van der Waals surface area contributed by atoms with E-state index in [4.69, 9.17) is 4.52 Å². The maximum atomic E-state index is 5.32. The van der Waals surface area contributed by atoms with Crippen LogP contribution in [0.25, 0.3) is 0 Å². The molecular formula is C17H25N5OS. The molecule has 0 amide bonds. The minimum absolute atomic E-state index is 0.620. The van der Waals surface area contributed by atoms with Gasteiger partial charge in [0, 0.05) is 50.7 Å². The second kappa shape index (κ2) is 8.30. The smallest absolute Gasteiger partial charge is 0.194 e. The predicted molar refractivity (Wildman–Crippen MR) is 97.2 cm³/mol. The van der Waals surface area contributed by atoms with Crippen molar-refractivity contribution >= 4 is 17.3 Å². The van der Waals surface area contributed by atoms with Gasteiger partial charge in [0.1, 0.15) is 0 Å². The van der Waals surface area contributed by atoms with Crippen LogP contribution in [0, 0.1) is 0 Å². The van der Waals surface area contributed by atoms with Gasteiger partial charge in [-0.25, -0.2) is 0 Å². The van der Waals surface area contributed by atoms with Gasteiger partial charge in [-0.2, -0.15) is 0 Å². The normalized spacial score (nSPS) is 16.6. The largest absolute Gasteiger partial charge is 0.359 e. The lowest BCUT2D eigenvalue weighted by atomic mass is 10.3. The van der Waals surface area contributed by atoms with Crippen molar-refractivity contribution in [1.29, 1.82) is 0 Å². The molecule has 3 heterocycles. The topological polar surface area (TPSA) is 56.9 Å². The highest BCUT2D eigenvalue weighted by molar-refractivity contribution is 7.09. The van der Waals surface area contributed by atoms with Crippen LogP contribution in [0.15, 0.2) is 33.1 Å². The number of hydrogen-bond acceptors (Lipinski definition) is 5. The molecule has 130 valence electrons. The minimum Gasteiger partial charge on any atom is -0.359 e. The van der Waals surface area contributed by atoms with Gasteiger partial charge in [-0.15, -0.1) is 11.3 Å². The van der Waals surface area contributed by atoms with Crippen LogP contribution in [0.2, 0.25) is 0 Å². The summed E-state index contributed by atoms with van der Waals surface area (Å²) in [5, 5.41) is 9.54. The molecule has 0 unspecified atom stereocenters. The molecule has 0 aliphatic carbocycles. The number of thiophene rings is 1. The van der Waals surface area contributed by atoms with E-state index >= 15 is 0 Å². The standard InChI is InChI=1S/C17H25N5OS/c1-3-14-11-15(23-20-14)12-19-17(18-2)22-8-6-21(7-9-22)13-16-5-4-10-24-16/h4-5,10-11H,3,6-9,12-13H2,1-2H3,(H,18,19). The van der Waals surface area contributed by atoms with Gasteiger partial charge >= 0.3 is 0 Å². The number of guanidine groups is 1. The predicted octanol–water partition coefficient (Wildman–Crippen LogP) is 2.19. The number of aliphatic imine (C=N–C) groups is 1. The Morgan fingerprint density at radius 1 is 1.38 bits per heavy atom. The van der Waals surface area contributed by atoms with E-state index in [2.05, 4.69) is 49.7 Å². The zero-order valence-electron chi connectivity index (χ0n) is 14.4. The molecule has 1 fully saturated rings. The van der Waals surface area contributed by atoms with E-state index in [0.717, 1.165) is 56.6 Å². The van der Waals surface area contributed by atoms with Gasteiger partial charge in [0.05, 0.1) is 12.2 Å². The Bertz CT molecular complexity index is 644. The highest BCUT2D eigenvalue weighted by atomic mass is 32.1. The van der Waals surface area contributed by atoms with Crippen molar-refractivity contribution in [1.82, 2.24) is 20.3 Å². The first kappa shape index (κ1) is 17.0. The molecule has 0 radical (unpaired) electrons. The van der Waals surface area contributed by atoms with Gasteiger partial charge in [-0.1, -0.05) is 18.1 Å². The minimum atomic E-state index is 0.620. The Labute approximate surface area is 147 Å². The van der Waals surface area contributed by atoms with Crippen molar-refractivity contribution in [3.63, 3.8) is 0 Å². The van der Waals surface area contributed by atoms with E-state index in [1.807, 2.05) is 24.5 Å². The van der Waals surface area contributed by atoms with Crippen LogP contribution in [-0.2, 0) is 19.5 Å². The molecule has 0 bridgehead atoms. The number of piperazine rings is 1. The molecule has 24 heavy (non-hydrogen) atoms. The SMILES string of the molecule is CCc1cc(CNC(=NC)N2CCN(Cc3cccs3)CC2)on1. The number of hydrogen-bond donors (Lipinski definition) is 1. The van der Waals surface area contributed by atoms with Gasteiger partial charge in [-0.3, -0.25) is 9.89 Å². The average Bonchev–Trinajstić information content (AvgIpc) is 3.28. The first-order valence-corrected chi connectivity index (χ1v) is 9.31. The van der Waals surface area contributed by atoms with Crippen molar-refractivity contribution in [3.05, 3.63) is 39.9 Å². The lowest BCUT2D eigenvalue weighted by molar-refractivity contribution is 0.173. The van der Waals surface area contributed by atoms with Crippen molar-refractivity contribution in [2.24, 2.45) is 4.99 Å². The third kappa shape index (κ3) is 4.36. The quantitative estimate of drug-likeness (QED) is 0.664. The number of aromatic nitrogens is 1. The monoisotopic (exact) mass is 347 g/mol. The molecule has 1 N–H and O–H groups in total. The molecule has 2 aromatic heterocycles. The van der Waals surface area contributed by atoms with E-state index in [1.54, 1.807) is 0 Å². The number of nitrogens with zero attached hydrogens (tertiary/aromatic N) is 4. The van der Waals surface area contributed by atoms with Crippen LogP contribution >= 0.6 is 11.3 Å². The third-order valence-corrected chi connectivity index (χ3v) is 5.10. The van der Waals surface area contributed by atoms with Gasteiger partial charge < -0.3 is 14.7 Å². The summed E-state index contributed by atoms with van der Waals surface area (Å²) < 4.78 is 5.32. The molecule has 1 saturated heterocycles. The van der Waals surface area contributed by atoms with Crippen molar-refractivity contribution in [2.45, 2.75) is 26.4 Å². The Morgan fingerprint density at radius 3 is 2.83 bits per heavy atom. The summed E-state index contributed by atoms with van der Waals surface area (Å²) in [7, 11) is 1.83. The van der Waals surface area contributed by atoms with E-state index < -0.39 is 0 Å². The first-order chi connectivity index (χ1) is 11.8. The fraction of sp³-hybridized carbons (Fsp3) is 0.529. The van der Waals surface area contributed by atoms with Gasteiger partial charge in [0.15, 0.2) is 11.7 Å². The molecule has 7 heteroatoms. The first-order valence-electron chi connectivity index (χ1n) is 8.43. The van der Waals surface area contributed by atoms with Gasteiger partial charge in [0.2, 0.25) is 0 Å². The third-order valence-electron chi connectivity index (χ3n) is 4.23. The summed E-state index contributed by atoms with van der Waals surface area (Å²) >= 11 is 1.83. The molecule has 1 aliphatic rings. The van der Waals surface area contributed by atoms with Crippen LogP contribution < -0.4 is 5.32 Å². The van der Waals surface area contributed by atoms with E-state index in [0.29, 0.717) is 6.54 Å². The Kier molecular flexibility index (Phi) is 5.87. The maximum absolute atomic E-state index is 5.32. The zero-order chi connectivity index (χ0) is 16.8. The molecule has 2 aromatic rings. The van der Waals surface area contributed by atoms with E-state index in [1.165, 1.54) is 4.88 Å². The second-order valence-electron chi connectivity index (χ2n) is 5.88. The van der Waals surface area contributed by atoms with E-state index in [-0.39, 0.29) is 0 Å². The summed E-state index contributed by atoms with van der Waals surface area (Å²) in [5.41, 5.74) is 0.990. The Morgan fingerprint density at radius 2 is 2.21 bits per heavy atom. The van der Waals surface area contributed by atoms with Gasteiger partial charge in [0.25, 0.3) is 0 Å². The molecule has 0 saturated carbocycles. The van der Waals surface area contributed by atoms with Crippen LogP contribution in [0.3, 0.4) is 0 Å². The second-order valence-corrected chi connectivity index (χ2v) is 6.91. The summed E-state index contributed by atoms with van der Waals surface area (Å²) in [4.78, 5) is 10.6. The number of rotatable bonds is 5. The van der Waals surface area contributed by atoms with E-state index in [9.17, 15) is 0 Å². The summed E-state index contributed by atoms with van der Waals surface area (Å²) in [6, 6.07) is 6.33. The number of nitrogens with one attached hydrogen (secondary N) is 1. The lowest BCUT2D eigenvalue weighted by Crippen LogP contribution is -2.51. The van der Waals surface area contributed by atoms with Crippen LogP contribution in [0.5, 0.6) is 0 Å². The highest BCUT2D eigenvalue weighted by Crippen LogP contribution is 2.13. The fourth-order valence-corrected chi connectivity index (χ4v) is 3.59. The maximum Gasteiger partial charge on any atom is 0.194 e. The molecule has 6 nitrogen and oxygen atoms in total. The van der Waals surface area contributed by atoms with Crippen LogP contribution in [-0.4, -0.2) is 54.1 Å². The fourth-order valence-electron chi connectivity index (χ4n) is 2.84. The molecule has 0 atom stereocenters. The van der Waals surface area contributed by atoms with Crippen LogP contribution in [0.4, 0.5) is 0 Å². The summed E-state index contributed by atoms with van der Waals surface area (Å²) in [6.45, 7) is 7.83. The molecule has 0 spiro atoms. The van der Waals surface area contributed by atoms with Crippen molar-refractivity contribution < 1.29 is 4.52 Å². The Balaban J connectivity index is 1.46. The summed E-state index contributed by atoms with van der Waals surface area (Å²) in [5.74, 6) is 1.78. The average molecular weight is 347 g/mol. The summed E-state index contributed by atoms with van der Waals surface area (Å²) in [6.07, 6.45) is 0.893. The number of aryl methyl sites for hydroxylation is 1. The molecule has 3 rings (SSSR count). The highest BCUT2D eigenvalue weighted by Gasteiger charge is 2.20. The Hall–Kier alpha value is -1.86. The van der Waals surface area contributed by atoms with Crippen molar-refractivity contribution in [3.8, 4) is 0 Å². The zero-order valence-corrected chi connectivity index (χ0v) is 15.2. The molecule has 0 aromatic carbocycles. The molecular weight excluding hydrogens is 322 g/mol. The lowest BCUT2D eigenvalue weighted by Gasteiger charge is -2.36. The van der Waals surface area contributed by atoms with Crippen molar-refractivity contribution in [2.75, 3.05) is 33.2 Å². The molecule has 1 aliphatic heterocycles. The van der Waals surface area contributed by atoms with Gasteiger partial charge in [-0.05, 0) is 17.9 Å².